The Labute approximate surface area is 141 Å². The van der Waals surface area contributed by atoms with Crippen molar-refractivity contribution >= 4 is 26.1 Å². The van der Waals surface area contributed by atoms with Crippen LogP contribution >= 0.6 is 0 Å². The van der Waals surface area contributed by atoms with Crippen molar-refractivity contribution in [2.24, 2.45) is 5.14 Å². The molecule has 0 aliphatic carbocycles. The first-order valence-electron chi connectivity index (χ1n) is 6.92. The molecule has 11 heteroatoms. The zero-order chi connectivity index (χ0) is 18.4. The monoisotopic (exact) mass is 379 g/mol. The summed E-state index contributed by atoms with van der Waals surface area (Å²) in [6.07, 6.45) is 0.827. The first-order chi connectivity index (χ1) is 11.0. The van der Waals surface area contributed by atoms with E-state index in [1.165, 1.54) is 23.5 Å². The molecule has 0 atom stereocenters. The largest absolute Gasteiger partial charge is 0.453 e. The Morgan fingerprint density at radius 1 is 1.17 bits per heavy atom. The molecule has 1 rings (SSSR count). The number of ether oxygens (including phenoxy) is 1. The normalized spacial score (nSPS) is 12.2. The lowest BCUT2D eigenvalue weighted by Crippen LogP contribution is -2.39. The molecule has 0 saturated heterocycles. The molecule has 0 fully saturated rings. The quantitative estimate of drug-likeness (QED) is 0.624. The van der Waals surface area contributed by atoms with Crippen LogP contribution in [0.25, 0.3) is 0 Å². The first-order valence-corrected chi connectivity index (χ1v) is 10.3. The zero-order valence-electron chi connectivity index (χ0n) is 13.4. The third-order valence-corrected chi connectivity index (χ3v) is 5.42. The van der Waals surface area contributed by atoms with Crippen LogP contribution in [0.1, 0.15) is 5.56 Å². The van der Waals surface area contributed by atoms with Crippen LogP contribution in [0, 0.1) is 0 Å². The summed E-state index contributed by atoms with van der Waals surface area (Å²) in [5, 5.41) is 7.43. The van der Waals surface area contributed by atoms with E-state index in [9.17, 15) is 21.6 Å². The summed E-state index contributed by atoms with van der Waals surface area (Å²) in [5.74, 6) is 0. The summed E-state index contributed by atoms with van der Waals surface area (Å²) in [6.45, 7) is 0.406. The molecule has 1 aromatic rings. The molecular weight excluding hydrogens is 358 g/mol. The van der Waals surface area contributed by atoms with E-state index >= 15 is 0 Å². The first kappa shape index (κ1) is 20.4. The molecule has 0 aliphatic heterocycles. The Morgan fingerprint density at radius 2 is 1.75 bits per heavy atom. The third-order valence-electron chi connectivity index (χ3n) is 3.19. The van der Waals surface area contributed by atoms with Crippen LogP contribution in [0.3, 0.4) is 0 Å². The maximum atomic E-state index is 11.8. The van der Waals surface area contributed by atoms with E-state index in [0.717, 1.165) is 11.8 Å². The highest BCUT2D eigenvalue weighted by Gasteiger charge is 2.16. The molecule has 0 aliphatic rings. The summed E-state index contributed by atoms with van der Waals surface area (Å²) in [5.41, 5.74) is 0.761. The predicted molar refractivity (Wildman–Crippen MR) is 88.3 cm³/mol. The Bertz CT molecular complexity index is 759. The number of nitrogens with zero attached hydrogens (tertiary/aromatic N) is 1. The molecule has 1 amide bonds. The summed E-state index contributed by atoms with van der Waals surface area (Å²) in [7, 11) is -5.98. The topological polar surface area (TPSA) is 136 Å². The highest BCUT2D eigenvalue weighted by atomic mass is 32.2. The van der Waals surface area contributed by atoms with Crippen LogP contribution < -0.4 is 10.5 Å². The van der Waals surface area contributed by atoms with Gasteiger partial charge in [-0.3, -0.25) is 0 Å². The van der Waals surface area contributed by atoms with Crippen LogP contribution in [-0.4, -0.2) is 60.2 Å². The molecule has 0 unspecified atom stereocenters. The maximum absolute atomic E-state index is 11.8. The number of carbonyl (C=O) groups excluding carboxylic acids is 1. The molecule has 136 valence electrons. The summed E-state index contributed by atoms with van der Waals surface area (Å²) in [4.78, 5) is 11.0. The van der Waals surface area contributed by atoms with Crippen molar-refractivity contribution in [2.75, 3.05) is 33.0 Å². The fourth-order valence-corrected chi connectivity index (χ4v) is 3.26. The summed E-state index contributed by atoms with van der Waals surface area (Å²) < 4.78 is 51.5. The molecule has 0 aromatic heterocycles. The second-order valence-electron chi connectivity index (χ2n) is 5.02. The third kappa shape index (κ3) is 6.83. The Balaban J connectivity index is 2.66. The van der Waals surface area contributed by atoms with Crippen molar-refractivity contribution in [2.45, 2.75) is 11.3 Å². The minimum atomic E-state index is -3.76. The number of sulfonamides is 2. The van der Waals surface area contributed by atoms with Crippen molar-refractivity contribution in [1.82, 2.24) is 9.62 Å². The fourth-order valence-electron chi connectivity index (χ4n) is 1.90. The number of methoxy groups -OCH3 is 1. The van der Waals surface area contributed by atoms with Gasteiger partial charge in [0.2, 0.25) is 20.0 Å². The number of hydrogen-bond donors (Lipinski definition) is 2. The van der Waals surface area contributed by atoms with E-state index in [1.807, 2.05) is 0 Å². The van der Waals surface area contributed by atoms with Gasteiger partial charge in [0.15, 0.2) is 0 Å². The molecule has 0 saturated carbocycles. The van der Waals surface area contributed by atoms with Gasteiger partial charge in [-0.25, -0.2) is 31.1 Å². The van der Waals surface area contributed by atoms with Crippen LogP contribution in [-0.2, 0) is 31.2 Å². The van der Waals surface area contributed by atoms with Gasteiger partial charge in [0, 0.05) is 19.6 Å². The number of alkyl carbamates (subject to hydrolysis) is 1. The number of hydrogen-bond acceptors (Lipinski definition) is 6. The second kappa shape index (κ2) is 8.42. The lowest BCUT2D eigenvalue weighted by Gasteiger charge is -2.20. The molecule has 9 nitrogen and oxygen atoms in total. The zero-order valence-corrected chi connectivity index (χ0v) is 15.1. The Hall–Kier alpha value is -1.69. The number of nitrogens with one attached hydrogen (secondary N) is 1. The number of primary sulfonamides is 1. The van der Waals surface area contributed by atoms with E-state index in [1.54, 1.807) is 12.1 Å². The predicted octanol–water partition coefficient (Wildman–Crippen LogP) is -0.506. The van der Waals surface area contributed by atoms with E-state index in [2.05, 4.69) is 10.1 Å². The van der Waals surface area contributed by atoms with Crippen molar-refractivity contribution in [1.29, 1.82) is 0 Å². The smallest absolute Gasteiger partial charge is 0.406 e. The van der Waals surface area contributed by atoms with Crippen molar-refractivity contribution in [3.8, 4) is 0 Å². The molecule has 24 heavy (non-hydrogen) atoms. The average Bonchev–Trinajstić information content (AvgIpc) is 2.48. The number of nitrogens with two attached hydrogens (primary N) is 1. The SMILES string of the molecule is COC(=O)NCCN(CCc1ccc(S(N)(=O)=O)cc1)S(C)(=O)=O. The number of carbonyl (C=O) groups is 1. The van der Waals surface area contributed by atoms with E-state index in [0.29, 0.717) is 6.42 Å². The Kier molecular flexibility index (Phi) is 7.14. The second-order valence-corrected chi connectivity index (χ2v) is 8.56. The molecule has 1 aromatic carbocycles. The van der Waals surface area contributed by atoms with Crippen LogP contribution in [0.15, 0.2) is 29.2 Å². The number of benzene rings is 1. The van der Waals surface area contributed by atoms with E-state index in [4.69, 9.17) is 5.14 Å². The lowest BCUT2D eigenvalue weighted by atomic mass is 10.1. The highest BCUT2D eigenvalue weighted by Crippen LogP contribution is 2.10. The summed E-state index contributed by atoms with van der Waals surface area (Å²) >= 11 is 0. The van der Waals surface area contributed by atoms with E-state index in [-0.39, 0.29) is 24.5 Å². The van der Waals surface area contributed by atoms with Gasteiger partial charge in [0.1, 0.15) is 0 Å². The van der Waals surface area contributed by atoms with Crippen molar-refractivity contribution in [3.05, 3.63) is 29.8 Å². The van der Waals surface area contributed by atoms with E-state index < -0.39 is 26.1 Å². The molecular formula is C13H21N3O6S2. The van der Waals surface area contributed by atoms with Crippen LogP contribution in [0.4, 0.5) is 4.79 Å². The van der Waals surface area contributed by atoms with Gasteiger partial charge in [-0.2, -0.15) is 0 Å². The van der Waals surface area contributed by atoms with Gasteiger partial charge in [-0.1, -0.05) is 12.1 Å². The molecule has 0 heterocycles. The standard InChI is InChI=1S/C13H21N3O6S2/c1-22-13(17)15-8-10-16(23(2,18)19)9-7-11-3-5-12(6-4-11)24(14,20)21/h3-6H,7-10H2,1-2H3,(H,15,17)(H2,14,20,21). The average molecular weight is 379 g/mol. The van der Waals surface area contributed by atoms with Crippen LogP contribution in [0.5, 0.6) is 0 Å². The van der Waals surface area contributed by atoms with Gasteiger partial charge >= 0.3 is 6.09 Å². The molecule has 0 radical (unpaired) electrons. The number of amides is 1. The van der Waals surface area contributed by atoms with Gasteiger partial charge < -0.3 is 10.1 Å². The molecule has 0 bridgehead atoms. The molecule has 0 spiro atoms. The van der Waals surface area contributed by atoms with Gasteiger partial charge in [0.25, 0.3) is 0 Å². The van der Waals surface area contributed by atoms with Gasteiger partial charge in [0.05, 0.1) is 18.3 Å². The van der Waals surface area contributed by atoms with Crippen molar-refractivity contribution in [3.63, 3.8) is 0 Å². The molecule has 3 N–H and O–H groups in total. The fraction of sp³-hybridized carbons (Fsp3) is 0.462. The van der Waals surface area contributed by atoms with Gasteiger partial charge in [-0.15, -0.1) is 0 Å². The lowest BCUT2D eigenvalue weighted by molar-refractivity contribution is 0.170. The van der Waals surface area contributed by atoms with Crippen molar-refractivity contribution < 1.29 is 26.4 Å². The minimum absolute atomic E-state index is 0.00602. The van der Waals surface area contributed by atoms with Gasteiger partial charge in [-0.05, 0) is 24.1 Å². The van der Waals surface area contributed by atoms with Crippen LogP contribution in [0.2, 0.25) is 0 Å². The number of rotatable bonds is 8. The maximum Gasteiger partial charge on any atom is 0.406 e. The highest BCUT2D eigenvalue weighted by molar-refractivity contribution is 7.89. The Morgan fingerprint density at radius 3 is 2.21 bits per heavy atom. The summed E-state index contributed by atoms with van der Waals surface area (Å²) in [6, 6.07) is 5.89. The minimum Gasteiger partial charge on any atom is -0.453 e.